The lowest BCUT2D eigenvalue weighted by atomic mass is 9.96. The lowest BCUT2D eigenvalue weighted by Gasteiger charge is -2.33. The van der Waals surface area contributed by atoms with Gasteiger partial charge in [-0.1, -0.05) is 0 Å². The summed E-state index contributed by atoms with van der Waals surface area (Å²) in [6, 6.07) is 12.3. The molecule has 0 amide bonds. The van der Waals surface area contributed by atoms with Crippen LogP contribution < -0.4 is 4.74 Å². The van der Waals surface area contributed by atoms with E-state index in [1.807, 2.05) is 31.3 Å². The van der Waals surface area contributed by atoms with Gasteiger partial charge in [-0.05, 0) is 82.2 Å². The lowest BCUT2D eigenvalue weighted by molar-refractivity contribution is 0.140. The van der Waals surface area contributed by atoms with Gasteiger partial charge in [0.2, 0.25) is 0 Å². The molecule has 0 unspecified atom stereocenters. The predicted molar refractivity (Wildman–Crippen MR) is 118 cm³/mol. The fourth-order valence-electron chi connectivity index (χ4n) is 4.35. The van der Waals surface area contributed by atoms with E-state index in [4.69, 9.17) is 9.15 Å². The number of aromatic nitrogens is 2. The number of furan rings is 1. The standard InChI is InChI=1S/C24H32N4O2/c1-18-4-7-23(30-18)17-28-12-10-19(11-13-28)15-27(2)16-21-14-25-26-24(21)20-5-8-22(29-3)9-6-20/h4-9,14,19H,10-13,15-17H2,1-3H3,(H,25,26). The number of benzene rings is 1. The summed E-state index contributed by atoms with van der Waals surface area (Å²) in [5, 5.41) is 7.46. The Kier molecular flexibility index (Phi) is 6.55. The van der Waals surface area contributed by atoms with Gasteiger partial charge in [-0.25, -0.2) is 0 Å². The number of likely N-dealkylation sites (tertiary alicyclic amines) is 1. The molecule has 2 aromatic heterocycles. The SMILES string of the molecule is COc1ccc(-c2[nH]ncc2CN(C)CC2CCN(Cc3ccc(C)o3)CC2)cc1. The summed E-state index contributed by atoms with van der Waals surface area (Å²) in [5.41, 5.74) is 3.46. The number of ether oxygens (including phenoxy) is 1. The van der Waals surface area contributed by atoms with E-state index in [9.17, 15) is 0 Å². The molecule has 6 heteroatoms. The average molecular weight is 409 g/mol. The van der Waals surface area contributed by atoms with Crippen molar-refractivity contribution in [3.63, 3.8) is 0 Å². The molecule has 1 aliphatic rings. The third-order valence-electron chi connectivity index (χ3n) is 5.99. The van der Waals surface area contributed by atoms with Crippen molar-refractivity contribution in [1.82, 2.24) is 20.0 Å². The minimum absolute atomic E-state index is 0.737. The van der Waals surface area contributed by atoms with Crippen LogP contribution in [0.4, 0.5) is 0 Å². The molecular formula is C24H32N4O2. The normalized spacial score (nSPS) is 15.7. The van der Waals surface area contributed by atoms with Crippen LogP contribution >= 0.6 is 0 Å². The fraction of sp³-hybridized carbons (Fsp3) is 0.458. The van der Waals surface area contributed by atoms with Crippen molar-refractivity contribution < 1.29 is 9.15 Å². The summed E-state index contributed by atoms with van der Waals surface area (Å²) >= 11 is 0. The van der Waals surface area contributed by atoms with Crippen LogP contribution in [-0.4, -0.2) is 53.8 Å². The van der Waals surface area contributed by atoms with Gasteiger partial charge in [0.25, 0.3) is 0 Å². The molecule has 0 radical (unpaired) electrons. The molecule has 1 aromatic carbocycles. The first-order valence-electron chi connectivity index (χ1n) is 10.7. The van der Waals surface area contributed by atoms with Crippen LogP contribution in [0.15, 0.2) is 47.0 Å². The van der Waals surface area contributed by atoms with Crippen LogP contribution in [-0.2, 0) is 13.1 Å². The second-order valence-corrected chi connectivity index (χ2v) is 8.43. The summed E-state index contributed by atoms with van der Waals surface area (Å²) in [6.07, 6.45) is 4.42. The second-order valence-electron chi connectivity index (χ2n) is 8.43. The van der Waals surface area contributed by atoms with E-state index in [0.717, 1.165) is 67.2 Å². The number of methoxy groups -OCH3 is 1. The summed E-state index contributed by atoms with van der Waals surface area (Å²) in [7, 11) is 3.90. The number of aromatic amines is 1. The van der Waals surface area contributed by atoms with Gasteiger partial charge in [0, 0.05) is 24.2 Å². The molecule has 0 spiro atoms. The monoisotopic (exact) mass is 408 g/mol. The molecule has 3 aromatic rings. The largest absolute Gasteiger partial charge is 0.497 e. The Hall–Kier alpha value is -2.57. The van der Waals surface area contributed by atoms with Crippen molar-refractivity contribution in [2.75, 3.05) is 33.8 Å². The number of H-pyrrole nitrogens is 1. The van der Waals surface area contributed by atoms with Gasteiger partial charge in [-0.3, -0.25) is 10.00 Å². The molecule has 1 saturated heterocycles. The van der Waals surface area contributed by atoms with Crippen molar-refractivity contribution in [2.45, 2.75) is 32.9 Å². The molecule has 4 rings (SSSR count). The Labute approximate surface area is 178 Å². The van der Waals surface area contributed by atoms with Gasteiger partial charge in [0.05, 0.1) is 25.5 Å². The van der Waals surface area contributed by atoms with E-state index >= 15 is 0 Å². The lowest BCUT2D eigenvalue weighted by Crippen LogP contribution is -2.37. The Balaban J connectivity index is 1.27. The van der Waals surface area contributed by atoms with Crippen LogP contribution in [0, 0.1) is 12.8 Å². The topological polar surface area (TPSA) is 57.5 Å². The summed E-state index contributed by atoms with van der Waals surface area (Å²) in [4.78, 5) is 4.93. The molecule has 3 heterocycles. The summed E-state index contributed by atoms with van der Waals surface area (Å²) < 4.78 is 11.0. The Bertz CT molecular complexity index is 923. The van der Waals surface area contributed by atoms with Crippen LogP contribution in [0.5, 0.6) is 5.75 Å². The average Bonchev–Trinajstić information content (AvgIpc) is 3.38. The van der Waals surface area contributed by atoms with E-state index < -0.39 is 0 Å². The quantitative estimate of drug-likeness (QED) is 0.601. The highest BCUT2D eigenvalue weighted by Gasteiger charge is 2.22. The summed E-state index contributed by atoms with van der Waals surface area (Å²) in [5.74, 6) is 3.68. The maximum atomic E-state index is 5.73. The number of aryl methyl sites for hydroxylation is 1. The minimum Gasteiger partial charge on any atom is -0.497 e. The fourth-order valence-corrected chi connectivity index (χ4v) is 4.35. The van der Waals surface area contributed by atoms with Gasteiger partial charge in [0.15, 0.2) is 0 Å². The van der Waals surface area contributed by atoms with Crippen molar-refractivity contribution in [1.29, 1.82) is 0 Å². The molecule has 0 bridgehead atoms. The highest BCUT2D eigenvalue weighted by molar-refractivity contribution is 5.63. The zero-order chi connectivity index (χ0) is 20.9. The third-order valence-corrected chi connectivity index (χ3v) is 5.99. The van der Waals surface area contributed by atoms with E-state index in [2.05, 4.69) is 45.2 Å². The maximum Gasteiger partial charge on any atom is 0.118 e. The number of hydrogen-bond donors (Lipinski definition) is 1. The van der Waals surface area contributed by atoms with E-state index in [-0.39, 0.29) is 0 Å². The van der Waals surface area contributed by atoms with Gasteiger partial charge in [-0.15, -0.1) is 0 Å². The second kappa shape index (κ2) is 9.49. The molecule has 0 saturated carbocycles. The van der Waals surface area contributed by atoms with E-state index in [1.165, 1.54) is 18.4 Å². The van der Waals surface area contributed by atoms with Gasteiger partial charge in [-0.2, -0.15) is 5.10 Å². The number of piperidine rings is 1. The zero-order valence-electron chi connectivity index (χ0n) is 18.2. The van der Waals surface area contributed by atoms with Crippen molar-refractivity contribution >= 4 is 0 Å². The number of rotatable bonds is 8. The molecule has 0 aliphatic carbocycles. The predicted octanol–water partition coefficient (Wildman–Crippen LogP) is 4.33. The van der Waals surface area contributed by atoms with Crippen LogP contribution in [0.3, 0.4) is 0 Å². The summed E-state index contributed by atoms with van der Waals surface area (Å²) in [6.45, 7) is 7.22. The van der Waals surface area contributed by atoms with Crippen molar-refractivity contribution in [3.05, 3.63) is 59.7 Å². The first-order valence-corrected chi connectivity index (χ1v) is 10.7. The third kappa shape index (κ3) is 5.12. The molecular weight excluding hydrogens is 376 g/mol. The molecule has 30 heavy (non-hydrogen) atoms. The zero-order valence-corrected chi connectivity index (χ0v) is 18.2. The molecule has 1 N–H and O–H groups in total. The van der Waals surface area contributed by atoms with E-state index in [0.29, 0.717) is 0 Å². The number of nitrogens with one attached hydrogen (secondary N) is 1. The van der Waals surface area contributed by atoms with Crippen LogP contribution in [0.1, 0.15) is 29.9 Å². The number of hydrogen-bond acceptors (Lipinski definition) is 5. The minimum atomic E-state index is 0.737. The highest BCUT2D eigenvalue weighted by Crippen LogP contribution is 2.26. The smallest absolute Gasteiger partial charge is 0.118 e. The molecule has 1 aliphatic heterocycles. The van der Waals surface area contributed by atoms with Gasteiger partial charge >= 0.3 is 0 Å². The first-order chi connectivity index (χ1) is 14.6. The van der Waals surface area contributed by atoms with Gasteiger partial charge < -0.3 is 14.1 Å². The number of nitrogens with zero attached hydrogens (tertiary/aromatic N) is 3. The van der Waals surface area contributed by atoms with Crippen LogP contribution in [0.2, 0.25) is 0 Å². The Morgan fingerprint density at radius 2 is 1.93 bits per heavy atom. The molecule has 6 nitrogen and oxygen atoms in total. The molecule has 1 fully saturated rings. The molecule has 0 atom stereocenters. The van der Waals surface area contributed by atoms with Crippen molar-refractivity contribution in [2.24, 2.45) is 5.92 Å². The van der Waals surface area contributed by atoms with E-state index in [1.54, 1.807) is 7.11 Å². The Morgan fingerprint density at radius 3 is 2.60 bits per heavy atom. The Morgan fingerprint density at radius 1 is 1.17 bits per heavy atom. The van der Waals surface area contributed by atoms with Gasteiger partial charge in [0.1, 0.15) is 17.3 Å². The van der Waals surface area contributed by atoms with Crippen molar-refractivity contribution in [3.8, 4) is 17.0 Å². The molecule has 160 valence electrons. The van der Waals surface area contributed by atoms with Crippen LogP contribution in [0.25, 0.3) is 11.3 Å². The first kappa shape index (κ1) is 20.7. The highest BCUT2D eigenvalue weighted by atomic mass is 16.5. The maximum absolute atomic E-state index is 5.73.